The van der Waals surface area contributed by atoms with Gasteiger partial charge in [0.05, 0.1) is 10.5 Å². The molecule has 1 N–H and O–H groups in total. The lowest BCUT2D eigenvalue weighted by Gasteiger charge is -2.21. The van der Waals surface area contributed by atoms with Crippen molar-refractivity contribution in [1.82, 2.24) is 4.31 Å². The van der Waals surface area contributed by atoms with Gasteiger partial charge < -0.3 is 5.32 Å². The maximum absolute atomic E-state index is 12.7. The number of halogens is 3. The van der Waals surface area contributed by atoms with E-state index in [1.54, 1.807) is 13.8 Å². The molecule has 30 heavy (non-hydrogen) atoms. The Morgan fingerprint density at radius 2 is 1.63 bits per heavy atom. The topological polar surface area (TPSA) is 66.5 Å². The third-order valence-corrected chi connectivity index (χ3v) is 7.37. The highest BCUT2D eigenvalue weighted by Gasteiger charge is 2.44. The summed E-state index contributed by atoms with van der Waals surface area (Å²) in [5, 5.41) is 2.74. The number of nitrogens with one attached hydrogen (secondary N) is 1. The molecule has 1 aliphatic rings. The predicted octanol–water partition coefficient (Wildman–Crippen LogP) is 4.48. The first-order valence-corrected chi connectivity index (χ1v) is 10.9. The van der Waals surface area contributed by atoms with Crippen molar-refractivity contribution in [3.05, 3.63) is 59.7 Å². The molecular weight excluding hydrogens is 417 g/mol. The van der Waals surface area contributed by atoms with Crippen molar-refractivity contribution in [2.45, 2.75) is 43.3 Å². The SMILES string of the molecule is CC(C)N(C)S(=O)(=O)c1ccc(NC(=O)C2CC2c2ccc(C(F)(F)F)cc2)cc1. The van der Waals surface area contributed by atoms with Gasteiger partial charge in [-0.15, -0.1) is 0 Å². The average Bonchev–Trinajstić information content (AvgIpc) is 3.48. The molecule has 0 radical (unpaired) electrons. The summed E-state index contributed by atoms with van der Waals surface area (Å²) in [6.45, 7) is 3.55. The van der Waals surface area contributed by atoms with Crippen LogP contribution in [0.25, 0.3) is 0 Å². The summed E-state index contributed by atoms with van der Waals surface area (Å²) in [5.74, 6) is -0.682. The van der Waals surface area contributed by atoms with Crippen molar-refractivity contribution in [2.24, 2.45) is 5.92 Å². The second-order valence-electron chi connectivity index (χ2n) is 7.70. The van der Waals surface area contributed by atoms with Gasteiger partial charge in [-0.1, -0.05) is 12.1 Å². The molecule has 2 atom stereocenters. The van der Waals surface area contributed by atoms with E-state index in [0.29, 0.717) is 17.7 Å². The number of nitrogens with zero attached hydrogens (tertiary/aromatic N) is 1. The third-order valence-electron chi connectivity index (χ3n) is 5.32. The average molecular weight is 440 g/mol. The Morgan fingerprint density at radius 3 is 2.13 bits per heavy atom. The monoisotopic (exact) mass is 440 g/mol. The van der Waals surface area contributed by atoms with E-state index in [1.165, 1.54) is 47.8 Å². The summed E-state index contributed by atoms with van der Waals surface area (Å²) in [6, 6.07) is 10.6. The summed E-state index contributed by atoms with van der Waals surface area (Å²) < 4.78 is 64.2. The maximum atomic E-state index is 12.7. The van der Waals surface area contributed by atoms with Crippen LogP contribution in [0.5, 0.6) is 0 Å². The largest absolute Gasteiger partial charge is 0.416 e. The molecule has 5 nitrogen and oxygen atoms in total. The molecule has 1 saturated carbocycles. The van der Waals surface area contributed by atoms with Gasteiger partial charge in [0.25, 0.3) is 0 Å². The van der Waals surface area contributed by atoms with Gasteiger partial charge >= 0.3 is 6.18 Å². The molecule has 0 spiro atoms. The number of anilines is 1. The zero-order valence-corrected chi connectivity index (χ0v) is 17.6. The summed E-state index contributed by atoms with van der Waals surface area (Å²) in [6.07, 6.45) is -3.83. The molecule has 2 unspecified atom stereocenters. The quantitative estimate of drug-likeness (QED) is 0.721. The number of carbonyl (C=O) groups is 1. The van der Waals surface area contributed by atoms with Crippen LogP contribution in [0, 0.1) is 5.92 Å². The Labute approximate surface area is 173 Å². The van der Waals surface area contributed by atoms with Crippen LogP contribution in [-0.2, 0) is 21.0 Å². The summed E-state index contributed by atoms with van der Waals surface area (Å²) in [7, 11) is -2.10. The molecule has 0 heterocycles. The van der Waals surface area contributed by atoms with Gasteiger partial charge in [0.1, 0.15) is 0 Å². The van der Waals surface area contributed by atoms with E-state index in [9.17, 15) is 26.4 Å². The van der Waals surface area contributed by atoms with E-state index in [2.05, 4.69) is 5.32 Å². The van der Waals surface area contributed by atoms with E-state index >= 15 is 0 Å². The van der Waals surface area contributed by atoms with Crippen LogP contribution in [0.1, 0.15) is 37.3 Å². The van der Waals surface area contributed by atoms with E-state index in [0.717, 1.165) is 12.1 Å². The third kappa shape index (κ3) is 4.67. The van der Waals surface area contributed by atoms with E-state index in [-0.39, 0.29) is 28.7 Å². The first kappa shape index (κ1) is 22.3. The van der Waals surface area contributed by atoms with Crippen LogP contribution in [-0.4, -0.2) is 31.7 Å². The molecule has 2 aromatic carbocycles. The lowest BCUT2D eigenvalue weighted by molar-refractivity contribution is -0.137. The summed E-state index contributed by atoms with van der Waals surface area (Å²) in [4.78, 5) is 12.6. The van der Waals surface area contributed by atoms with Crippen molar-refractivity contribution in [3.63, 3.8) is 0 Å². The van der Waals surface area contributed by atoms with Gasteiger partial charge in [0.15, 0.2) is 0 Å². The van der Waals surface area contributed by atoms with Gasteiger partial charge in [-0.05, 0) is 68.1 Å². The number of alkyl halides is 3. The highest BCUT2D eigenvalue weighted by Crippen LogP contribution is 2.48. The fourth-order valence-corrected chi connectivity index (χ4v) is 4.53. The standard InChI is InChI=1S/C21H23F3N2O3S/c1-13(2)26(3)30(28,29)17-10-8-16(9-11-17)25-20(27)19-12-18(19)14-4-6-15(7-5-14)21(22,23)24/h4-11,13,18-19H,12H2,1-3H3,(H,25,27). The lowest BCUT2D eigenvalue weighted by Crippen LogP contribution is -2.33. The van der Waals surface area contributed by atoms with Crippen LogP contribution in [0.4, 0.5) is 18.9 Å². The number of amides is 1. The summed E-state index contributed by atoms with van der Waals surface area (Å²) in [5.41, 5.74) is 0.441. The molecule has 0 aliphatic heterocycles. The molecule has 162 valence electrons. The first-order valence-electron chi connectivity index (χ1n) is 9.47. The summed E-state index contributed by atoms with van der Waals surface area (Å²) >= 11 is 0. The van der Waals surface area contributed by atoms with E-state index < -0.39 is 21.8 Å². The second-order valence-corrected chi connectivity index (χ2v) is 9.69. The molecule has 1 aliphatic carbocycles. The Kier molecular flexibility index (Phi) is 5.97. The zero-order valence-electron chi connectivity index (χ0n) is 16.8. The number of hydrogen-bond donors (Lipinski definition) is 1. The molecule has 1 amide bonds. The predicted molar refractivity (Wildman–Crippen MR) is 107 cm³/mol. The van der Waals surface area contributed by atoms with E-state index in [1.807, 2.05) is 0 Å². The van der Waals surface area contributed by atoms with Crippen LogP contribution < -0.4 is 5.32 Å². The Hall–Kier alpha value is -2.39. The van der Waals surface area contributed by atoms with Gasteiger partial charge in [-0.25, -0.2) is 8.42 Å². The van der Waals surface area contributed by atoms with Crippen LogP contribution >= 0.6 is 0 Å². The molecule has 3 rings (SSSR count). The fraction of sp³-hybridized carbons (Fsp3) is 0.381. The number of rotatable bonds is 6. The van der Waals surface area contributed by atoms with E-state index in [4.69, 9.17) is 0 Å². The molecule has 2 aromatic rings. The minimum Gasteiger partial charge on any atom is -0.326 e. The highest BCUT2D eigenvalue weighted by atomic mass is 32.2. The lowest BCUT2D eigenvalue weighted by atomic mass is 10.1. The Morgan fingerprint density at radius 1 is 1.07 bits per heavy atom. The number of carbonyl (C=O) groups excluding carboxylic acids is 1. The van der Waals surface area contributed by atoms with Crippen LogP contribution in [0.3, 0.4) is 0 Å². The van der Waals surface area contributed by atoms with Crippen molar-refractivity contribution in [2.75, 3.05) is 12.4 Å². The normalized spacial score (nSPS) is 19.2. The maximum Gasteiger partial charge on any atom is 0.416 e. The van der Waals surface area contributed by atoms with Crippen molar-refractivity contribution in [1.29, 1.82) is 0 Å². The molecule has 0 saturated heterocycles. The van der Waals surface area contributed by atoms with Crippen molar-refractivity contribution in [3.8, 4) is 0 Å². The minimum atomic E-state index is -4.39. The fourth-order valence-electron chi connectivity index (χ4n) is 3.16. The number of benzene rings is 2. The van der Waals surface area contributed by atoms with Crippen molar-refractivity contribution < 1.29 is 26.4 Å². The van der Waals surface area contributed by atoms with Crippen LogP contribution in [0.15, 0.2) is 53.4 Å². The van der Waals surface area contributed by atoms with Gasteiger partial charge in [0.2, 0.25) is 15.9 Å². The molecule has 9 heteroatoms. The number of hydrogen-bond acceptors (Lipinski definition) is 3. The van der Waals surface area contributed by atoms with Crippen molar-refractivity contribution >= 4 is 21.6 Å². The minimum absolute atomic E-state index is 0.119. The van der Waals surface area contributed by atoms with Gasteiger partial charge in [0, 0.05) is 24.7 Å². The van der Waals surface area contributed by atoms with Crippen LogP contribution in [0.2, 0.25) is 0 Å². The Balaban J connectivity index is 1.62. The molecule has 1 fully saturated rings. The second kappa shape index (κ2) is 8.03. The van der Waals surface area contributed by atoms with Gasteiger partial charge in [-0.2, -0.15) is 17.5 Å². The molecule has 0 bridgehead atoms. The molecular formula is C21H23F3N2O3S. The van der Waals surface area contributed by atoms with Gasteiger partial charge in [-0.3, -0.25) is 4.79 Å². The first-order chi connectivity index (χ1) is 13.9. The smallest absolute Gasteiger partial charge is 0.326 e. The Bertz CT molecular complexity index is 1020. The zero-order chi connectivity index (χ0) is 22.3. The number of sulfonamides is 1. The highest BCUT2D eigenvalue weighted by molar-refractivity contribution is 7.89. The molecule has 0 aromatic heterocycles.